The molecule has 2 aliphatic rings. The molecule has 2 aromatic rings. The highest BCUT2D eigenvalue weighted by Gasteiger charge is 2.46. The zero-order valence-corrected chi connectivity index (χ0v) is 18.7. The molecule has 166 valence electrons. The fourth-order valence-electron chi connectivity index (χ4n) is 4.92. The molecular formula is C26H33NO4. The first-order valence-corrected chi connectivity index (χ1v) is 11.2. The van der Waals surface area contributed by atoms with E-state index in [0.29, 0.717) is 25.3 Å². The van der Waals surface area contributed by atoms with Crippen LogP contribution in [0.5, 0.6) is 0 Å². The minimum absolute atomic E-state index is 0.0858. The second-order valence-corrected chi connectivity index (χ2v) is 9.56. The van der Waals surface area contributed by atoms with Crippen molar-refractivity contribution in [3.63, 3.8) is 0 Å². The zero-order chi connectivity index (χ0) is 22.1. The Bertz CT molecular complexity index is 884. The van der Waals surface area contributed by atoms with Gasteiger partial charge in [0.05, 0.1) is 18.2 Å². The molecule has 5 heteroatoms. The first-order chi connectivity index (χ1) is 14.8. The average Bonchev–Trinajstić information content (AvgIpc) is 3.28. The number of cyclic esters (lactones) is 1. The summed E-state index contributed by atoms with van der Waals surface area (Å²) >= 11 is 0. The Balaban J connectivity index is 1.51. The third-order valence-electron chi connectivity index (χ3n) is 6.58. The van der Waals surface area contributed by atoms with Gasteiger partial charge in [-0.3, -0.25) is 0 Å². The van der Waals surface area contributed by atoms with Gasteiger partial charge in [-0.15, -0.1) is 0 Å². The number of hydrogen-bond acceptors (Lipinski definition) is 4. The van der Waals surface area contributed by atoms with Crippen molar-refractivity contribution in [3.8, 4) is 0 Å². The lowest BCUT2D eigenvalue weighted by Gasteiger charge is -2.45. The first kappa shape index (κ1) is 21.8. The quantitative estimate of drug-likeness (QED) is 0.698. The van der Waals surface area contributed by atoms with Crippen molar-refractivity contribution in [3.05, 3.63) is 71.3 Å². The van der Waals surface area contributed by atoms with Crippen LogP contribution in [0.3, 0.4) is 0 Å². The van der Waals surface area contributed by atoms with Crippen molar-refractivity contribution in [2.24, 2.45) is 0 Å². The van der Waals surface area contributed by atoms with Gasteiger partial charge in [0, 0.05) is 31.9 Å². The topological polar surface area (TPSA) is 59.0 Å². The van der Waals surface area contributed by atoms with Crippen LogP contribution in [0.1, 0.15) is 68.7 Å². The van der Waals surface area contributed by atoms with Crippen LogP contribution < -0.4 is 0 Å². The van der Waals surface area contributed by atoms with Gasteiger partial charge in [-0.1, -0.05) is 54.6 Å². The molecule has 5 nitrogen and oxygen atoms in total. The molecule has 2 fully saturated rings. The van der Waals surface area contributed by atoms with E-state index in [1.54, 1.807) is 18.7 Å². The molecule has 2 saturated heterocycles. The van der Waals surface area contributed by atoms with Crippen LogP contribution in [0, 0.1) is 0 Å². The van der Waals surface area contributed by atoms with Crippen molar-refractivity contribution >= 4 is 6.09 Å². The Hall–Kier alpha value is -2.37. The van der Waals surface area contributed by atoms with Crippen molar-refractivity contribution < 1.29 is 19.4 Å². The van der Waals surface area contributed by atoms with Gasteiger partial charge in [0.15, 0.2) is 0 Å². The van der Waals surface area contributed by atoms with E-state index < -0.39 is 11.2 Å². The van der Waals surface area contributed by atoms with Crippen molar-refractivity contribution in [2.45, 2.75) is 63.2 Å². The lowest BCUT2D eigenvalue weighted by Crippen LogP contribution is -2.51. The van der Waals surface area contributed by atoms with Crippen LogP contribution in [0.4, 0.5) is 4.79 Å². The van der Waals surface area contributed by atoms with Gasteiger partial charge in [0.25, 0.3) is 0 Å². The fraction of sp³-hybridized carbons (Fsp3) is 0.500. The van der Waals surface area contributed by atoms with Gasteiger partial charge in [-0.2, -0.15) is 0 Å². The van der Waals surface area contributed by atoms with Gasteiger partial charge in [-0.05, 0) is 43.9 Å². The van der Waals surface area contributed by atoms with Crippen LogP contribution >= 0.6 is 0 Å². The molecule has 2 aromatic carbocycles. The molecule has 0 aliphatic carbocycles. The van der Waals surface area contributed by atoms with Crippen molar-refractivity contribution in [2.75, 3.05) is 19.8 Å². The lowest BCUT2D eigenvalue weighted by atomic mass is 9.80. The monoisotopic (exact) mass is 423 g/mol. The summed E-state index contributed by atoms with van der Waals surface area (Å²) in [6.45, 7) is 7.75. The highest BCUT2D eigenvalue weighted by atomic mass is 16.6. The van der Waals surface area contributed by atoms with Gasteiger partial charge in [0.1, 0.15) is 5.60 Å². The third kappa shape index (κ3) is 4.78. The van der Waals surface area contributed by atoms with E-state index >= 15 is 0 Å². The summed E-state index contributed by atoms with van der Waals surface area (Å²) in [4.78, 5) is 15.0. The summed E-state index contributed by atoms with van der Waals surface area (Å²) in [6.07, 6.45) is 1.72. The maximum absolute atomic E-state index is 13.2. The molecule has 1 amide bonds. The molecule has 2 aliphatic heterocycles. The van der Waals surface area contributed by atoms with Gasteiger partial charge in [-0.25, -0.2) is 4.79 Å². The highest BCUT2D eigenvalue weighted by Crippen LogP contribution is 2.42. The Morgan fingerprint density at radius 3 is 2.45 bits per heavy atom. The van der Waals surface area contributed by atoms with E-state index in [1.807, 2.05) is 37.3 Å². The molecular weight excluding hydrogens is 390 g/mol. The maximum Gasteiger partial charge on any atom is 0.411 e. The number of amides is 1. The normalized spacial score (nSPS) is 25.4. The van der Waals surface area contributed by atoms with E-state index in [0.717, 1.165) is 30.8 Å². The SMILES string of the molecule is C[C@@H](c1ccc(C2CCOC2)cc1)N1CCC(CC(C)(C)O)(c2ccccc2)OC1=O. The average molecular weight is 424 g/mol. The molecule has 2 heterocycles. The molecule has 3 atom stereocenters. The highest BCUT2D eigenvalue weighted by molar-refractivity contribution is 5.70. The molecule has 0 aromatic heterocycles. The molecule has 1 N–H and O–H groups in total. The van der Waals surface area contributed by atoms with Gasteiger partial charge in [0.2, 0.25) is 0 Å². The summed E-state index contributed by atoms with van der Waals surface area (Å²) in [7, 11) is 0. The smallest absolute Gasteiger partial charge is 0.411 e. The summed E-state index contributed by atoms with van der Waals surface area (Å²) in [5.41, 5.74) is 1.54. The Morgan fingerprint density at radius 1 is 1.16 bits per heavy atom. The second kappa shape index (κ2) is 8.64. The van der Waals surface area contributed by atoms with Crippen LogP contribution in [0.2, 0.25) is 0 Å². The Morgan fingerprint density at radius 2 is 1.87 bits per heavy atom. The zero-order valence-electron chi connectivity index (χ0n) is 18.7. The molecule has 2 unspecified atom stereocenters. The Labute approximate surface area is 185 Å². The number of nitrogens with zero attached hydrogens (tertiary/aromatic N) is 1. The molecule has 31 heavy (non-hydrogen) atoms. The first-order valence-electron chi connectivity index (χ1n) is 11.2. The standard InChI is InChI=1S/C26H33NO4/c1-19(20-9-11-21(12-10-20)22-13-16-30-17-22)27-15-14-26(31-24(27)28,18-25(2,3)29)23-7-5-4-6-8-23/h4-12,19,22,29H,13-18H2,1-3H3/t19-,22?,26?/m0/s1. The number of aliphatic hydroxyl groups is 1. The van der Waals surface area contributed by atoms with Crippen LogP contribution in [-0.2, 0) is 15.1 Å². The number of hydrogen-bond donors (Lipinski definition) is 1. The van der Waals surface area contributed by atoms with Gasteiger partial charge >= 0.3 is 6.09 Å². The molecule has 0 bridgehead atoms. The minimum atomic E-state index is -0.955. The number of ether oxygens (including phenoxy) is 2. The van der Waals surface area contributed by atoms with Crippen LogP contribution in [0.15, 0.2) is 54.6 Å². The summed E-state index contributed by atoms with van der Waals surface area (Å²) < 4.78 is 11.6. The van der Waals surface area contributed by atoms with E-state index in [9.17, 15) is 9.90 Å². The Kier molecular flexibility index (Phi) is 6.09. The molecule has 0 spiro atoms. The van der Waals surface area contributed by atoms with Gasteiger partial charge < -0.3 is 19.5 Å². The number of carbonyl (C=O) groups excluding carboxylic acids is 1. The van der Waals surface area contributed by atoms with E-state index in [1.165, 1.54) is 5.56 Å². The summed E-state index contributed by atoms with van der Waals surface area (Å²) in [5, 5.41) is 10.5. The third-order valence-corrected chi connectivity index (χ3v) is 6.58. The fourth-order valence-corrected chi connectivity index (χ4v) is 4.92. The van der Waals surface area contributed by atoms with E-state index in [-0.39, 0.29) is 12.1 Å². The predicted molar refractivity (Wildman–Crippen MR) is 120 cm³/mol. The second-order valence-electron chi connectivity index (χ2n) is 9.56. The number of rotatable bonds is 6. The van der Waals surface area contributed by atoms with E-state index in [2.05, 4.69) is 24.3 Å². The summed E-state index contributed by atoms with van der Waals surface area (Å²) in [6, 6.07) is 18.2. The van der Waals surface area contributed by atoms with Crippen molar-refractivity contribution in [1.82, 2.24) is 4.90 Å². The minimum Gasteiger partial charge on any atom is -0.438 e. The molecule has 4 rings (SSSR count). The van der Waals surface area contributed by atoms with Crippen LogP contribution in [-0.4, -0.2) is 41.5 Å². The number of carbonyl (C=O) groups is 1. The molecule has 0 saturated carbocycles. The molecule has 0 radical (unpaired) electrons. The van der Waals surface area contributed by atoms with E-state index in [4.69, 9.17) is 9.47 Å². The largest absolute Gasteiger partial charge is 0.438 e. The maximum atomic E-state index is 13.2. The van der Waals surface area contributed by atoms with Crippen LogP contribution in [0.25, 0.3) is 0 Å². The number of benzene rings is 2. The summed E-state index contributed by atoms with van der Waals surface area (Å²) in [5.74, 6) is 0.470. The lowest BCUT2D eigenvalue weighted by molar-refractivity contribution is -0.101. The predicted octanol–water partition coefficient (Wildman–Crippen LogP) is 5.15. The van der Waals surface area contributed by atoms with Crippen molar-refractivity contribution in [1.29, 1.82) is 0 Å².